The van der Waals surface area contributed by atoms with E-state index in [1.807, 2.05) is 6.07 Å². The molecule has 0 saturated carbocycles. The molecule has 17 heavy (non-hydrogen) atoms. The van der Waals surface area contributed by atoms with E-state index in [1.54, 1.807) is 6.07 Å². The normalized spacial score (nSPS) is 11.8. The Balaban J connectivity index is 2.71. The van der Waals surface area contributed by atoms with Crippen LogP contribution in [0.1, 0.15) is 44.9 Å². The molecule has 1 aromatic rings. The standard InChI is InChI=1S/C13H23N3O/c1-4-7-13(2,3)15-8-11-10(9-17)5-6-12(14)16-11/h5-6,15,17H,4,7-9H2,1-3H3,(H2,14,16). The lowest BCUT2D eigenvalue weighted by Crippen LogP contribution is -2.38. The Morgan fingerprint density at radius 1 is 1.41 bits per heavy atom. The van der Waals surface area contributed by atoms with Crippen LogP contribution in [-0.4, -0.2) is 15.6 Å². The molecule has 0 unspecified atom stereocenters. The molecule has 4 heteroatoms. The maximum absolute atomic E-state index is 9.23. The summed E-state index contributed by atoms with van der Waals surface area (Å²) in [6.45, 7) is 7.14. The summed E-state index contributed by atoms with van der Waals surface area (Å²) in [5.74, 6) is 0.493. The number of nitrogen functional groups attached to an aromatic ring is 1. The molecule has 0 saturated heterocycles. The first-order valence-electron chi connectivity index (χ1n) is 6.08. The minimum absolute atomic E-state index is 0.00149. The van der Waals surface area contributed by atoms with Gasteiger partial charge in [-0.15, -0.1) is 0 Å². The van der Waals surface area contributed by atoms with Crippen LogP contribution in [0.2, 0.25) is 0 Å². The second kappa shape index (κ2) is 5.98. The Bertz CT molecular complexity index is 364. The third kappa shape index (κ3) is 4.32. The van der Waals surface area contributed by atoms with Crippen molar-refractivity contribution in [2.75, 3.05) is 5.73 Å². The Hall–Kier alpha value is -1.13. The van der Waals surface area contributed by atoms with Crippen molar-refractivity contribution in [1.29, 1.82) is 0 Å². The van der Waals surface area contributed by atoms with Crippen molar-refractivity contribution in [2.45, 2.75) is 52.3 Å². The largest absolute Gasteiger partial charge is 0.392 e. The average Bonchev–Trinajstić information content (AvgIpc) is 2.27. The summed E-state index contributed by atoms with van der Waals surface area (Å²) in [4.78, 5) is 4.26. The molecule has 0 aliphatic heterocycles. The van der Waals surface area contributed by atoms with Gasteiger partial charge in [-0.2, -0.15) is 0 Å². The highest BCUT2D eigenvalue weighted by atomic mass is 16.3. The maximum Gasteiger partial charge on any atom is 0.123 e. The third-order valence-corrected chi connectivity index (χ3v) is 2.87. The van der Waals surface area contributed by atoms with E-state index in [1.165, 1.54) is 0 Å². The van der Waals surface area contributed by atoms with Crippen molar-refractivity contribution in [3.05, 3.63) is 23.4 Å². The highest BCUT2D eigenvalue weighted by molar-refractivity contribution is 5.33. The number of nitrogens with zero attached hydrogens (tertiary/aromatic N) is 1. The van der Waals surface area contributed by atoms with E-state index in [-0.39, 0.29) is 12.1 Å². The summed E-state index contributed by atoms with van der Waals surface area (Å²) in [5.41, 5.74) is 7.40. The Labute approximate surface area is 103 Å². The van der Waals surface area contributed by atoms with E-state index in [9.17, 15) is 5.11 Å². The van der Waals surface area contributed by atoms with E-state index < -0.39 is 0 Å². The van der Waals surface area contributed by atoms with Crippen molar-refractivity contribution in [2.24, 2.45) is 0 Å². The number of hydrogen-bond acceptors (Lipinski definition) is 4. The number of hydrogen-bond donors (Lipinski definition) is 3. The molecule has 0 amide bonds. The third-order valence-electron chi connectivity index (χ3n) is 2.87. The van der Waals surface area contributed by atoms with Crippen LogP contribution in [0.4, 0.5) is 5.82 Å². The predicted molar refractivity (Wildman–Crippen MR) is 70.4 cm³/mol. The lowest BCUT2D eigenvalue weighted by atomic mass is 9.98. The van der Waals surface area contributed by atoms with Crippen LogP contribution < -0.4 is 11.1 Å². The van der Waals surface area contributed by atoms with Crippen LogP contribution in [0.3, 0.4) is 0 Å². The summed E-state index contributed by atoms with van der Waals surface area (Å²) < 4.78 is 0. The van der Waals surface area contributed by atoms with E-state index in [2.05, 4.69) is 31.1 Å². The molecule has 0 radical (unpaired) electrons. The highest BCUT2D eigenvalue weighted by Gasteiger charge is 2.16. The van der Waals surface area contributed by atoms with Crippen molar-refractivity contribution in [3.63, 3.8) is 0 Å². The van der Waals surface area contributed by atoms with E-state index in [0.717, 1.165) is 24.1 Å². The summed E-state index contributed by atoms with van der Waals surface area (Å²) in [7, 11) is 0. The zero-order chi connectivity index (χ0) is 12.9. The van der Waals surface area contributed by atoms with Gasteiger partial charge in [0.25, 0.3) is 0 Å². The zero-order valence-electron chi connectivity index (χ0n) is 11.0. The maximum atomic E-state index is 9.23. The van der Waals surface area contributed by atoms with Crippen LogP contribution >= 0.6 is 0 Å². The van der Waals surface area contributed by atoms with Gasteiger partial charge < -0.3 is 16.2 Å². The van der Waals surface area contributed by atoms with Crippen LogP contribution in [0.5, 0.6) is 0 Å². The van der Waals surface area contributed by atoms with Gasteiger partial charge in [-0.1, -0.05) is 19.4 Å². The summed E-state index contributed by atoms with van der Waals surface area (Å²) in [5, 5.41) is 12.7. The van der Waals surface area contributed by atoms with Crippen LogP contribution in [0, 0.1) is 0 Å². The minimum atomic E-state index is -0.00149. The minimum Gasteiger partial charge on any atom is -0.392 e. The smallest absolute Gasteiger partial charge is 0.123 e. The molecule has 4 nitrogen and oxygen atoms in total. The Morgan fingerprint density at radius 2 is 2.12 bits per heavy atom. The molecular weight excluding hydrogens is 214 g/mol. The number of aliphatic hydroxyl groups excluding tert-OH is 1. The number of nitrogens with one attached hydrogen (secondary N) is 1. The summed E-state index contributed by atoms with van der Waals surface area (Å²) in [6.07, 6.45) is 2.24. The molecule has 4 N–H and O–H groups in total. The van der Waals surface area contributed by atoms with Gasteiger partial charge in [0.2, 0.25) is 0 Å². The first-order valence-corrected chi connectivity index (χ1v) is 6.08. The van der Waals surface area contributed by atoms with Gasteiger partial charge in [0.1, 0.15) is 5.82 Å². The molecule has 0 aromatic carbocycles. The van der Waals surface area contributed by atoms with Gasteiger partial charge in [0.15, 0.2) is 0 Å². The van der Waals surface area contributed by atoms with Gasteiger partial charge in [-0.25, -0.2) is 4.98 Å². The van der Waals surface area contributed by atoms with E-state index in [4.69, 9.17) is 5.73 Å². The van der Waals surface area contributed by atoms with Crippen molar-refractivity contribution < 1.29 is 5.11 Å². The fourth-order valence-electron chi connectivity index (χ4n) is 1.88. The molecule has 1 heterocycles. The Kier molecular flexibility index (Phi) is 4.90. The molecule has 1 aromatic heterocycles. The van der Waals surface area contributed by atoms with Gasteiger partial charge >= 0.3 is 0 Å². The van der Waals surface area contributed by atoms with Gasteiger partial charge in [0.05, 0.1) is 12.3 Å². The molecule has 1 rings (SSSR count). The molecule has 0 aliphatic rings. The SMILES string of the molecule is CCCC(C)(C)NCc1nc(N)ccc1CO. The molecule has 0 bridgehead atoms. The molecule has 0 fully saturated rings. The highest BCUT2D eigenvalue weighted by Crippen LogP contribution is 2.14. The predicted octanol–water partition coefficient (Wildman–Crippen LogP) is 1.82. The fraction of sp³-hybridized carbons (Fsp3) is 0.615. The van der Waals surface area contributed by atoms with Crippen molar-refractivity contribution in [1.82, 2.24) is 10.3 Å². The molecule has 0 atom stereocenters. The quantitative estimate of drug-likeness (QED) is 0.706. The lowest BCUT2D eigenvalue weighted by molar-refractivity contribution is 0.278. The van der Waals surface area contributed by atoms with Crippen molar-refractivity contribution in [3.8, 4) is 0 Å². The van der Waals surface area contributed by atoms with Crippen LogP contribution in [-0.2, 0) is 13.2 Å². The molecular formula is C13H23N3O. The zero-order valence-corrected chi connectivity index (χ0v) is 11.0. The van der Waals surface area contributed by atoms with Gasteiger partial charge in [-0.3, -0.25) is 0 Å². The van der Waals surface area contributed by atoms with E-state index in [0.29, 0.717) is 12.4 Å². The number of aromatic nitrogens is 1. The first kappa shape index (κ1) is 13.9. The number of nitrogens with two attached hydrogens (primary N) is 1. The first-order chi connectivity index (χ1) is 7.98. The topological polar surface area (TPSA) is 71.2 Å². The number of aliphatic hydroxyl groups is 1. The molecule has 0 spiro atoms. The second-order valence-corrected chi connectivity index (χ2v) is 4.99. The molecule has 96 valence electrons. The van der Waals surface area contributed by atoms with E-state index >= 15 is 0 Å². The van der Waals surface area contributed by atoms with Crippen LogP contribution in [0.25, 0.3) is 0 Å². The second-order valence-electron chi connectivity index (χ2n) is 4.99. The van der Waals surface area contributed by atoms with Crippen molar-refractivity contribution >= 4 is 5.82 Å². The average molecular weight is 237 g/mol. The lowest BCUT2D eigenvalue weighted by Gasteiger charge is -2.26. The monoisotopic (exact) mass is 237 g/mol. The van der Waals surface area contributed by atoms with Gasteiger partial charge in [0, 0.05) is 17.6 Å². The number of rotatable bonds is 6. The number of anilines is 1. The molecule has 0 aliphatic carbocycles. The number of pyridine rings is 1. The Morgan fingerprint density at radius 3 is 2.71 bits per heavy atom. The van der Waals surface area contributed by atoms with Crippen LogP contribution in [0.15, 0.2) is 12.1 Å². The summed E-state index contributed by atoms with van der Waals surface area (Å²) in [6, 6.07) is 3.54. The summed E-state index contributed by atoms with van der Waals surface area (Å²) >= 11 is 0. The van der Waals surface area contributed by atoms with Gasteiger partial charge in [-0.05, 0) is 26.3 Å². The fourth-order valence-corrected chi connectivity index (χ4v) is 1.88.